The number of aryl methyl sites for hydroxylation is 3. The number of halogens is 2. The molecule has 2 N–H and O–H groups in total. The second-order valence-electron chi connectivity index (χ2n) is 11.5. The van der Waals surface area contributed by atoms with Gasteiger partial charge in [0.05, 0.1) is 34.1 Å². The van der Waals surface area contributed by atoms with Crippen molar-refractivity contribution in [3.05, 3.63) is 133 Å². The van der Waals surface area contributed by atoms with Gasteiger partial charge in [0.2, 0.25) is 0 Å². The molecular weight excluding hydrogens is 705 g/mol. The number of aromatic nitrogens is 4. The number of carbonyl (C=O) groups excluding carboxylic acids is 1. The fourth-order valence-electron chi connectivity index (χ4n) is 5.35. The van der Waals surface area contributed by atoms with E-state index < -0.39 is 31.4 Å². The van der Waals surface area contributed by atoms with E-state index in [1.807, 2.05) is 26.0 Å². The number of fused-ring (bicyclic) bond motifs is 1. The van der Waals surface area contributed by atoms with Crippen LogP contribution >= 0.6 is 23.2 Å². The summed E-state index contributed by atoms with van der Waals surface area (Å²) in [5, 5.41) is 25.0. The van der Waals surface area contributed by atoms with E-state index in [-0.39, 0.29) is 24.5 Å². The summed E-state index contributed by atoms with van der Waals surface area (Å²) in [5.74, 6) is 0.222. The van der Waals surface area contributed by atoms with Gasteiger partial charge in [0.1, 0.15) is 22.9 Å². The van der Waals surface area contributed by atoms with Gasteiger partial charge < -0.3 is 10.1 Å². The van der Waals surface area contributed by atoms with E-state index in [2.05, 4.69) is 20.2 Å². The lowest BCUT2D eigenvalue weighted by atomic mass is 10.1. The molecule has 256 valence electrons. The number of nitrogens with one attached hydrogen (secondary N) is 2. The number of nitro benzene ring substituents is 1. The Morgan fingerprint density at radius 3 is 2.32 bits per heavy atom. The summed E-state index contributed by atoms with van der Waals surface area (Å²) in [5.41, 5.74) is 3.06. The molecule has 2 heterocycles. The van der Waals surface area contributed by atoms with Crippen LogP contribution in [0.25, 0.3) is 10.9 Å². The van der Waals surface area contributed by atoms with Gasteiger partial charge in [-0.1, -0.05) is 35.3 Å². The molecule has 0 saturated carbocycles. The second-order valence-corrected chi connectivity index (χ2v) is 14.0. The molecule has 0 spiro atoms. The van der Waals surface area contributed by atoms with Crippen LogP contribution in [0.15, 0.2) is 90.0 Å². The molecule has 0 aliphatic rings. The fourth-order valence-corrected chi connectivity index (χ4v) is 6.60. The van der Waals surface area contributed by atoms with Crippen molar-refractivity contribution in [2.75, 3.05) is 5.32 Å². The number of amides is 1. The summed E-state index contributed by atoms with van der Waals surface area (Å²) in [7, 11) is -2.83. The van der Waals surface area contributed by atoms with Crippen molar-refractivity contribution in [1.82, 2.24) is 24.3 Å². The molecule has 0 fully saturated rings. The molecule has 1 amide bonds. The Kier molecular flexibility index (Phi) is 9.51. The van der Waals surface area contributed by atoms with Crippen LogP contribution in [0.2, 0.25) is 10.0 Å². The number of hydrogen-bond acceptors (Lipinski definition) is 9. The molecular formula is C34H29Cl2N7O6S. The van der Waals surface area contributed by atoms with Crippen LogP contribution in [-0.4, -0.2) is 38.8 Å². The Bertz CT molecular complexity index is 2370. The number of nitrogens with zero attached hydrogens (tertiary/aromatic N) is 5. The number of benzene rings is 4. The van der Waals surface area contributed by atoms with Crippen molar-refractivity contribution >= 4 is 61.4 Å². The third-order valence-electron chi connectivity index (χ3n) is 7.75. The van der Waals surface area contributed by atoms with E-state index in [9.17, 15) is 23.3 Å². The molecule has 0 bridgehead atoms. The highest BCUT2D eigenvalue weighted by Crippen LogP contribution is 2.31. The normalized spacial score (nSPS) is 11.5. The van der Waals surface area contributed by atoms with E-state index in [1.165, 1.54) is 16.8 Å². The summed E-state index contributed by atoms with van der Waals surface area (Å²) in [6.45, 7) is 4.06. The number of ether oxygens (including phenoxy) is 1. The van der Waals surface area contributed by atoms with Crippen LogP contribution in [0, 0.1) is 24.0 Å². The van der Waals surface area contributed by atoms with Crippen molar-refractivity contribution in [3.8, 4) is 11.5 Å². The van der Waals surface area contributed by atoms with Crippen molar-refractivity contribution in [3.63, 3.8) is 0 Å². The maximum absolute atomic E-state index is 13.7. The van der Waals surface area contributed by atoms with Crippen LogP contribution in [0.1, 0.15) is 32.9 Å². The Morgan fingerprint density at radius 2 is 1.66 bits per heavy atom. The number of hydrogen-bond donors (Lipinski definition) is 2. The molecule has 4 aromatic carbocycles. The summed E-state index contributed by atoms with van der Waals surface area (Å²) >= 11 is 12.5. The molecule has 0 aliphatic carbocycles. The SMILES string of the molecule is Cc1cc(Oc2ccc(Cn3nc4cc(Cl)ccc4c3C(=O)NS(=O)(=O)c3ccc(NCc4ccn(C)n4)c([N+](=O)[O-])c3)cc2)cc(C)c1Cl. The number of sulfonamides is 1. The standard InChI is InChI=1S/C34H29Cl2N7O6S/c1-20-14-26(15-21(2)32(20)36)49-25-7-4-22(5-8-25)19-42-33(28-10-6-23(35)16-30(28)39-42)34(44)40-50(47,48)27-9-11-29(31(17-27)43(45)46)37-18-24-12-13-41(3)38-24/h4-17,37H,18-19H2,1-3H3,(H,40,44). The number of rotatable bonds is 11. The molecule has 2 aromatic heterocycles. The number of carbonyl (C=O) groups is 1. The van der Waals surface area contributed by atoms with Crippen molar-refractivity contribution in [2.24, 2.45) is 7.05 Å². The fraction of sp³-hybridized carbons (Fsp3) is 0.147. The predicted molar refractivity (Wildman–Crippen MR) is 190 cm³/mol. The largest absolute Gasteiger partial charge is 0.457 e. The van der Waals surface area contributed by atoms with Gasteiger partial charge in [-0.25, -0.2) is 13.1 Å². The molecule has 0 radical (unpaired) electrons. The van der Waals surface area contributed by atoms with E-state index in [0.29, 0.717) is 38.1 Å². The topological polar surface area (TPSA) is 163 Å². The maximum Gasteiger partial charge on any atom is 0.293 e. The van der Waals surface area contributed by atoms with Gasteiger partial charge >= 0.3 is 0 Å². The first-order chi connectivity index (χ1) is 23.8. The summed E-state index contributed by atoms with van der Waals surface area (Å²) in [6.07, 6.45) is 1.73. The minimum absolute atomic E-state index is 0.0455. The van der Waals surface area contributed by atoms with Crippen LogP contribution in [0.5, 0.6) is 11.5 Å². The zero-order valence-corrected chi connectivity index (χ0v) is 29.2. The number of anilines is 1. The first-order valence-corrected chi connectivity index (χ1v) is 17.3. The van der Waals surface area contributed by atoms with E-state index in [1.54, 1.807) is 66.5 Å². The zero-order chi connectivity index (χ0) is 35.7. The Hall–Kier alpha value is -5.44. The van der Waals surface area contributed by atoms with Crippen molar-refractivity contribution in [1.29, 1.82) is 0 Å². The van der Waals surface area contributed by atoms with Crippen LogP contribution in [-0.2, 0) is 30.2 Å². The molecule has 0 saturated heterocycles. The van der Waals surface area contributed by atoms with Gasteiger partial charge in [-0.15, -0.1) is 0 Å². The quantitative estimate of drug-likeness (QED) is 0.104. The molecule has 0 aliphatic heterocycles. The van der Waals surface area contributed by atoms with Gasteiger partial charge in [0, 0.05) is 34.7 Å². The average Bonchev–Trinajstić information content (AvgIpc) is 3.65. The molecule has 0 unspecified atom stereocenters. The number of nitro groups is 1. The van der Waals surface area contributed by atoms with Gasteiger partial charge in [-0.05, 0) is 91.2 Å². The Morgan fingerprint density at radius 1 is 0.940 bits per heavy atom. The highest BCUT2D eigenvalue weighted by atomic mass is 35.5. The summed E-state index contributed by atoms with van der Waals surface area (Å²) in [4.78, 5) is 24.4. The minimum atomic E-state index is -4.57. The minimum Gasteiger partial charge on any atom is -0.457 e. The maximum atomic E-state index is 13.7. The van der Waals surface area contributed by atoms with E-state index in [4.69, 9.17) is 27.9 Å². The van der Waals surface area contributed by atoms with Crippen molar-refractivity contribution in [2.45, 2.75) is 31.8 Å². The lowest BCUT2D eigenvalue weighted by Gasteiger charge is -2.12. The molecule has 6 aromatic rings. The van der Waals surface area contributed by atoms with E-state index >= 15 is 0 Å². The van der Waals surface area contributed by atoms with Crippen molar-refractivity contribution < 1.29 is 22.9 Å². The molecule has 50 heavy (non-hydrogen) atoms. The zero-order valence-electron chi connectivity index (χ0n) is 26.8. The summed E-state index contributed by atoms with van der Waals surface area (Å²) in [6, 6.07) is 20.6. The first-order valence-electron chi connectivity index (χ1n) is 15.0. The Balaban J connectivity index is 1.25. The second kappa shape index (κ2) is 13.8. The highest BCUT2D eigenvalue weighted by molar-refractivity contribution is 7.90. The molecule has 0 atom stereocenters. The van der Waals surface area contributed by atoms with Crippen LogP contribution in [0.3, 0.4) is 0 Å². The highest BCUT2D eigenvalue weighted by Gasteiger charge is 2.27. The predicted octanol–water partition coefficient (Wildman–Crippen LogP) is 7.17. The summed E-state index contributed by atoms with van der Waals surface area (Å²) < 4.78 is 37.9. The van der Waals surface area contributed by atoms with Crippen LogP contribution in [0.4, 0.5) is 11.4 Å². The monoisotopic (exact) mass is 733 g/mol. The van der Waals surface area contributed by atoms with Gasteiger partial charge in [-0.2, -0.15) is 10.2 Å². The molecule has 13 nitrogen and oxygen atoms in total. The van der Waals surface area contributed by atoms with Gasteiger partial charge in [0.15, 0.2) is 0 Å². The first kappa shape index (κ1) is 34.4. The average molecular weight is 735 g/mol. The lowest BCUT2D eigenvalue weighted by molar-refractivity contribution is -0.384. The smallest absolute Gasteiger partial charge is 0.293 e. The third kappa shape index (κ3) is 7.42. The third-order valence-corrected chi connectivity index (χ3v) is 9.91. The Labute approximate surface area is 296 Å². The van der Waals surface area contributed by atoms with Crippen LogP contribution < -0.4 is 14.8 Å². The lowest BCUT2D eigenvalue weighted by Crippen LogP contribution is -2.32. The molecule has 16 heteroatoms. The van der Waals surface area contributed by atoms with E-state index in [0.717, 1.165) is 22.8 Å². The van der Waals surface area contributed by atoms with Gasteiger partial charge in [-0.3, -0.25) is 24.3 Å². The van der Waals surface area contributed by atoms with Gasteiger partial charge in [0.25, 0.3) is 21.6 Å². The molecule has 6 rings (SSSR count).